The Labute approximate surface area is 88.3 Å². The van der Waals surface area contributed by atoms with Crippen molar-refractivity contribution in [2.75, 3.05) is 6.61 Å². The van der Waals surface area contributed by atoms with Crippen LogP contribution in [0.1, 0.15) is 11.7 Å². The molecule has 2 atom stereocenters. The molecule has 0 spiro atoms. The predicted octanol–water partition coefficient (Wildman–Crippen LogP) is 1.86. The quantitative estimate of drug-likeness (QED) is 0.427. The van der Waals surface area contributed by atoms with Gasteiger partial charge in [0.05, 0.1) is 6.61 Å². The van der Waals surface area contributed by atoms with Crippen LogP contribution in [0.3, 0.4) is 0 Å². The second-order valence-electron chi connectivity index (χ2n) is 3.34. The number of hydrogen-bond donors (Lipinski definition) is 0. The van der Waals surface area contributed by atoms with Gasteiger partial charge in [0.1, 0.15) is 6.10 Å². The van der Waals surface area contributed by atoms with Gasteiger partial charge in [0.25, 0.3) is 0 Å². The molecule has 15 heavy (non-hydrogen) atoms. The minimum Gasteiger partial charge on any atom is -0.451 e. The van der Waals surface area contributed by atoms with Crippen molar-refractivity contribution in [3.05, 3.63) is 48.6 Å². The van der Waals surface area contributed by atoms with Gasteiger partial charge in [-0.2, -0.15) is 0 Å². The van der Waals surface area contributed by atoms with Gasteiger partial charge in [-0.15, -0.1) is 0 Å². The molecule has 1 aliphatic rings. The van der Waals surface area contributed by atoms with Crippen molar-refractivity contribution in [2.24, 2.45) is 0 Å². The number of benzene rings is 1. The van der Waals surface area contributed by atoms with Crippen LogP contribution >= 0.6 is 0 Å². The van der Waals surface area contributed by atoms with E-state index in [1.165, 1.54) is 0 Å². The molecular formula is C12H12O3. The molecule has 1 aliphatic heterocycles. The van der Waals surface area contributed by atoms with Crippen LogP contribution in [0.4, 0.5) is 0 Å². The zero-order valence-corrected chi connectivity index (χ0v) is 8.26. The normalized spacial score (nSPS) is 20.4. The van der Waals surface area contributed by atoms with Gasteiger partial charge in [-0.1, -0.05) is 36.9 Å². The molecule has 1 heterocycles. The number of epoxide rings is 1. The lowest BCUT2D eigenvalue weighted by atomic mass is 10.1. The standard InChI is InChI=1S/C12H12O3/c1-2-11(13)15-12(10-8-14-10)9-6-4-3-5-7-9/h2-7,10,12H,1,8H2. The fraction of sp³-hybridized carbons (Fsp3) is 0.250. The first-order valence-corrected chi connectivity index (χ1v) is 4.81. The van der Waals surface area contributed by atoms with Crippen LogP contribution in [-0.2, 0) is 14.3 Å². The zero-order valence-electron chi connectivity index (χ0n) is 8.26. The summed E-state index contributed by atoms with van der Waals surface area (Å²) in [6.07, 6.45) is 0.853. The number of rotatable bonds is 4. The van der Waals surface area contributed by atoms with Crippen molar-refractivity contribution in [3.63, 3.8) is 0 Å². The molecule has 0 aromatic heterocycles. The maximum atomic E-state index is 11.1. The van der Waals surface area contributed by atoms with E-state index in [1.807, 2.05) is 30.3 Å². The van der Waals surface area contributed by atoms with Gasteiger partial charge in [0.15, 0.2) is 6.10 Å². The Bertz CT molecular complexity index is 354. The van der Waals surface area contributed by atoms with Crippen LogP contribution in [0, 0.1) is 0 Å². The number of carbonyl (C=O) groups excluding carboxylic acids is 1. The maximum Gasteiger partial charge on any atom is 0.330 e. The summed E-state index contributed by atoms with van der Waals surface area (Å²) in [5.74, 6) is -0.417. The minimum atomic E-state index is -0.417. The number of carbonyl (C=O) groups is 1. The summed E-state index contributed by atoms with van der Waals surface area (Å²) in [6, 6.07) is 9.58. The van der Waals surface area contributed by atoms with E-state index in [2.05, 4.69) is 6.58 Å². The smallest absolute Gasteiger partial charge is 0.330 e. The van der Waals surface area contributed by atoms with Crippen LogP contribution in [0.15, 0.2) is 43.0 Å². The summed E-state index contributed by atoms with van der Waals surface area (Å²) in [4.78, 5) is 11.1. The van der Waals surface area contributed by atoms with E-state index < -0.39 is 5.97 Å². The Morgan fingerprint density at radius 3 is 2.73 bits per heavy atom. The Balaban J connectivity index is 2.13. The lowest BCUT2D eigenvalue weighted by Crippen LogP contribution is -2.14. The first kappa shape index (κ1) is 9.93. The Morgan fingerprint density at radius 1 is 1.53 bits per heavy atom. The summed E-state index contributed by atoms with van der Waals surface area (Å²) in [6.45, 7) is 4.01. The lowest BCUT2D eigenvalue weighted by molar-refractivity contribution is -0.144. The van der Waals surface area contributed by atoms with E-state index in [1.54, 1.807) is 0 Å². The Kier molecular flexibility index (Phi) is 2.83. The zero-order chi connectivity index (χ0) is 10.7. The lowest BCUT2D eigenvalue weighted by Gasteiger charge is -2.14. The predicted molar refractivity (Wildman–Crippen MR) is 55.2 cm³/mol. The van der Waals surface area contributed by atoms with Gasteiger partial charge in [-0.3, -0.25) is 0 Å². The molecule has 0 bridgehead atoms. The molecular weight excluding hydrogens is 192 g/mol. The van der Waals surface area contributed by atoms with Crippen molar-refractivity contribution >= 4 is 5.97 Å². The second kappa shape index (κ2) is 4.28. The molecule has 1 aromatic rings. The van der Waals surface area contributed by atoms with E-state index in [4.69, 9.17) is 9.47 Å². The minimum absolute atomic E-state index is 0.00343. The van der Waals surface area contributed by atoms with Gasteiger partial charge in [0.2, 0.25) is 0 Å². The number of hydrogen-bond acceptors (Lipinski definition) is 3. The molecule has 3 heteroatoms. The van der Waals surface area contributed by atoms with Crippen LogP contribution < -0.4 is 0 Å². The molecule has 78 valence electrons. The van der Waals surface area contributed by atoms with E-state index >= 15 is 0 Å². The fourth-order valence-corrected chi connectivity index (χ4v) is 1.40. The molecule has 0 amide bonds. The second-order valence-corrected chi connectivity index (χ2v) is 3.34. The highest BCUT2D eigenvalue weighted by molar-refractivity contribution is 5.81. The third-order valence-electron chi connectivity index (χ3n) is 2.23. The van der Waals surface area contributed by atoms with E-state index in [0.717, 1.165) is 11.6 Å². The Morgan fingerprint density at radius 2 is 2.20 bits per heavy atom. The third kappa shape index (κ3) is 2.44. The highest BCUT2D eigenvalue weighted by atomic mass is 16.6. The average Bonchev–Trinajstić information content (AvgIpc) is 3.10. The summed E-state index contributed by atoms with van der Waals surface area (Å²) < 4.78 is 10.4. The van der Waals surface area contributed by atoms with E-state index in [0.29, 0.717) is 6.61 Å². The van der Waals surface area contributed by atoms with E-state index in [-0.39, 0.29) is 12.2 Å². The summed E-state index contributed by atoms with van der Waals surface area (Å²) in [5, 5.41) is 0. The van der Waals surface area contributed by atoms with Crippen molar-refractivity contribution in [3.8, 4) is 0 Å². The van der Waals surface area contributed by atoms with Crippen LogP contribution in [0.5, 0.6) is 0 Å². The largest absolute Gasteiger partial charge is 0.451 e. The van der Waals surface area contributed by atoms with Gasteiger partial charge in [-0.05, 0) is 5.56 Å². The molecule has 1 fully saturated rings. The van der Waals surface area contributed by atoms with Crippen molar-refractivity contribution in [1.82, 2.24) is 0 Å². The van der Waals surface area contributed by atoms with Crippen LogP contribution in [0.2, 0.25) is 0 Å². The molecule has 2 rings (SSSR count). The van der Waals surface area contributed by atoms with Gasteiger partial charge in [0, 0.05) is 6.08 Å². The molecule has 1 aromatic carbocycles. The Hall–Kier alpha value is -1.61. The van der Waals surface area contributed by atoms with Gasteiger partial charge < -0.3 is 9.47 Å². The molecule has 3 nitrogen and oxygen atoms in total. The summed E-state index contributed by atoms with van der Waals surface area (Å²) >= 11 is 0. The average molecular weight is 204 g/mol. The fourth-order valence-electron chi connectivity index (χ4n) is 1.40. The number of esters is 1. The molecule has 1 saturated heterocycles. The van der Waals surface area contributed by atoms with E-state index in [9.17, 15) is 4.79 Å². The van der Waals surface area contributed by atoms with Gasteiger partial charge >= 0.3 is 5.97 Å². The molecule has 0 aliphatic carbocycles. The molecule has 0 N–H and O–H groups in total. The first-order valence-electron chi connectivity index (χ1n) is 4.81. The highest BCUT2D eigenvalue weighted by Gasteiger charge is 2.36. The van der Waals surface area contributed by atoms with Crippen LogP contribution in [0.25, 0.3) is 0 Å². The SMILES string of the molecule is C=CC(=O)OC(c1ccccc1)C1CO1. The summed E-state index contributed by atoms with van der Waals surface area (Å²) in [5.41, 5.74) is 0.954. The third-order valence-corrected chi connectivity index (χ3v) is 2.23. The summed E-state index contributed by atoms with van der Waals surface area (Å²) in [7, 11) is 0. The van der Waals surface area contributed by atoms with Crippen molar-refractivity contribution < 1.29 is 14.3 Å². The topological polar surface area (TPSA) is 38.8 Å². The molecule has 2 unspecified atom stereocenters. The monoisotopic (exact) mass is 204 g/mol. The first-order chi connectivity index (χ1) is 7.31. The number of ether oxygens (including phenoxy) is 2. The van der Waals surface area contributed by atoms with Crippen molar-refractivity contribution in [1.29, 1.82) is 0 Å². The van der Waals surface area contributed by atoms with Gasteiger partial charge in [-0.25, -0.2) is 4.79 Å². The van der Waals surface area contributed by atoms with Crippen molar-refractivity contribution in [2.45, 2.75) is 12.2 Å². The maximum absolute atomic E-state index is 11.1. The molecule has 0 radical (unpaired) electrons. The highest BCUT2D eigenvalue weighted by Crippen LogP contribution is 2.30. The van der Waals surface area contributed by atoms with Crippen LogP contribution in [-0.4, -0.2) is 18.7 Å². The molecule has 0 saturated carbocycles.